The minimum atomic E-state index is -0.0121. The highest BCUT2D eigenvalue weighted by molar-refractivity contribution is 5.75. The lowest BCUT2D eigenvalue weighted by molar-refractivity contribution is -0.171. The number of carbonyl (C=O) groups excluding carboxylic acids is 1. The van der Waals surface area contributed by atoms with Gasteiger partial charge in [-0.2, -0.15) is 0 Å². The van der Waals surface area contributed by atoms with Gasteiger partial charge in [0, 0.05) is 0 Å². The minimum absolute atomic E-state index is 0.0121. The summed E-state index contributed by atoms with van der Waals surface area (Å²) in [6.45, 7) is 0. The number of hydrogen-bond donors (Lipinski definition) is 0. The fourth-order valence-electron chi connectivity index (χ4n) is 1.05. The first kappa shape index (κ1) is 4.36. The van der Waals surface area contributed by atoms with E-state index in [1.54, 1.807) is 0 Å². The first-order valence-corrected chi connectivity index (χ1v) is 3.06. The molecule has 2 aliphatic rings. The number of carbonyl (C=O) groups is 1. The predicted molar refractivity (Wildman–Crippen MR) is 27.2 cm³/mol. The fraction of sp³-hybridized carbons (Fsp3) is 0.833. The largest absolute Gasteiger partial charge is 0.461 e. The second-order valence-electron chi connectivity index (χ2n) is 2.57. The molecule has 0 N–H and O–H groups in total. The Bertz CT molecular complexity index is 118. The van der Waals surface area contributed by atoms with Crippen LogP contribution >= 0.6 is 0 Å². The van der Waals surface area contributed by atoms with Gasteiger partial charge in [0.1, 0.15) is 6.10 Å². The molecule has 0 bridgehead atoms. The van der Waals surface area contributed by atoms with E-state index in [1.807, 2.05) is 0 Å². The quantitative estimate of drug-likeness (QED) is 0.467. The second kappa shape index (κ2) is 1.24. The molecule has 2 heteroatoms. The molecule has 1 unspecified atom stereocenters. The van der Waals surface area contributed by atoms with Gasteiger partial charge >= 0.3 is 5.97 Å². The summed E-state index contributed by atoms with van der Waals surface area (Å²) in [4.78, 5) is 10.2. The average Bonchev–Trinajstić information content (AvgIpc) is 2.37. The highest BCUT2D eigenvalue weighted by Gasteiger charge is 2.41. The Labute approximate surface area is 47.8 Å². The van der Waals surface area contributed by atoms with Crippen LogP contribution in [0.1, 0.15) is 19.3 Å². The molecule has 1 heterocycles. The van der Waals surface area contributed by atoms with Crippen LogP contribution in [0.25, 0.3) is 0 Å². The van der Waals surface area contributed by atoms with Gasteiger partial charge in [0.15, 0.2) is 0 Å². The second-order valence-corrected chi connectivity index (χ2v) is 2.57. The SMILES string of the molecule is O=C1CC(C2CC2)O1. The van der Waals surface area contributed by atoms with Crippen molar-refractivity contribution < 1.29 is 9.53 Å². The predicted octanol–water partition coefficient (Wildman–Crippen LogP) is 0.712. The van der Waals surface area contributed by atoms with Gasteiger partial charge < -0.3 is 4.74 Å². The summed E-state index contributed by atoms with van der Waals surface area (Å²) in [6.07, 6.45) is 3.56. The van der Waals surface area contributed by atoms with E-state index in [0.717, 1.165) is 5.92 Å². The van der Waals surface area contributed by atoms with E-state index in [0.29, 0.717) is 12.5 Å². The normalized spacial score (nSPS) is 36.0. The summed E-state index contributed by atoms with van der Waals surface area (Å²) < 4.78 is 4.82. The van der Waals surface area contributed by atoms with Crippen LogP contribution in [0.5, 0.6) is 0 Å². The Morgan fingerprint density at radius 1 is 1.50 bits per heavy atom. The van der Waals surface area contributed by atoms with E-state index in [1.165, 1.54) is 12.8 Å². The third-order valence-electron chi connectivity index (χ3n) is 1.80. The zero-order chi connectivity index (χ0) is 5.56. The van der Waals surface area contributed by atoms with Crippen LogP contribution in [0.15, 0.2) is 0 Å². The monoisotopic (exact) mass is 112 g/mol. The lowest BCUT2D eigenvalue weighted by atomic mass is 10.1. The number of cyclic esters (lactones) is 1. The van der Waals surface area contributed by atoms with Crippen molar-refractivity contribution in [1.82, 2.24) is 0 Å². The van der Waals surface area contributed by atoms with E-state index in [-0.39, 0.29) is 5.97 Å². The molecule has 2 fully saturated rings. The standard InChI is InChI=1S/C6H8O2/c7-6-3-5(8-6)4-1-2-4/h4-5H,1-3H2. The Hall–Kier alpha value is -0.530. The van der Waals surface area contributed by atoms with Gasteiger partial charge in [-0.3, -0.25) is 4.79 Å². The Balaban J connectivity index is 1.86. The molecule has 1 aliphatic heterocycles. The number of rotatable bonds is 1. The van der Waals surface area contributed by atoms with Crippen molar-refractivity contribution in [2.45, 2.75) is 25.4 Å². The van der Waals surface area contributed by atoms with Gasteiger partial charge in [-0.05, 0) is 18.8 Å². The number of hydrogen-bond acceptors (Lipinski definition) is 2. The number of ether oxygens (including phenoxy) is 1. The molecule has 1 atom stereocenters. The zero-order valence-electron chi connectivity index (χ0n) is 4.59. The summed E-state index contributed by atoms with van der Waals surface area (Å²) in [6, 6.07) is 0. The lowest BCUT2D eigenvalue weighted by Crippen LogP contribution is -2.34. The van der Waals surface area contributed by atoms with E-state index < -0.39 is 0 Å². The van der Waals surface area contributed by atoms with Gasteiger partial charge in [0.25, 0.3) is 0 Å². The topological polar surface area (TPSA) is 26.3 Å². The van der Waals surface area contributed by atoms with Crippen LogP contribution in [0.3, 0.4) is 0 Å². The molecule has 0 aromatic rings. The van der Waals surface area contributed by atoms with Gasteiger partial charge in [-0.25, -0.2) is 0 Å². The zero-order valence-corrected chi connectivity index (χ0v) is 4.59. The van der Waals surface area contributed by atoms with Crippen LogP contribution < -0.4 is 0 Å². The summed E-state index contributed by atoms with van der Waals surface area (Å²) in [7, 11) is 0. The molecule has 8 heavy (non-hydrogen) atoms. The Morgan fingerprint density at radius 2 is 2.12 bits per heavy atom. The highest BCUT2D eigenvalue weighted by Crippen LogP contribution is 2.39. The summed E-state index contributed by atoms with van der Waals surface area (Å²) in [5.41, 5.74) is 0. The molecule has 0 amide bonds. The average molecular weight is 112 g/mol. The van der Waals surface area contributed by atoms with Crippen LogP contribution in [0.4, 0.5) is 0 Å². The maximum absolute atomic E-state index is 10.2. The molecule has 2 nitrogen and oxygen atoms in total. The fourth-order valence-corrected chi connectivity index (χ4v) is 1.05. The maximum Gasteiger partial charge on any atom is 0.309 e. The third kappa shape index (κ3) is 0.522. The van der Waals surface area contributed by atoms with Gasteiger partial charge in [0.05, 0.1) is 6.42 Å². The van der Waals surface area contributed by atoms with E-state index in [2.05, 4.69) is 0 Å². The molecule has 1 saturated heterocycles. The molecule has 0 aromatic heterocycles. The first-order chi connectivity index (χ1) is 3.86. The molecule has 1 aliphatic carbocycles. The minimum Gasteiger partial charge on any atom is -0.461 e. The number of esters is 1. The van der Waals surface area contributed by atoms with Crippen LogP contribution in [-0.2, 0) is 9.53 Å². The third-order valence-corrected chi connectivity index (χ3v) is 1.80. The van der Waals surface area contributed by atoms with E-state index >= 15 is 0 Å². The molecular weight excluding hydrogens is 104 g/mol. The van der Waals surface area contributed by atoms with Gasteiger partial charge in [-0.1, -0.05) is 0 Å². The molecule has 2 rings (SSSR count). The maximum atomic E-state index is 10.2. The molecule has 44 valence electrons. The van der Waals surface area contributed by atoms with E-state index in [4.69, 9.17) is 4.74 Å². The van der Waals surface area contributed by atoms with Crippen molar-refractivity contribution in [1.29, 1.82) is 0 Å². The van der Waals surface area contributed by atoms with Crippen LogP contribution in [0.2, 0.25) is 0 Å². The Kier molecular flexibility index (Phi) is 0.678. The van der Waals surface area contributed by atoms with Crippen molar-refractivity contribution in [2.24, 2.45) is 5.92 Å². The smallest absolute Gasteiger partial charge is 0.309 e. The van der Waals surface area contributed by atoms with Gasteiger partial charge in [-0.15, -0.1) is 0 Å². The van der Waals surface area contributed by atoms with Crippen molar-refractivity contribution >= 4 is 5.97 Å². The molecule has 0 aromatic carbocycles. The molecule has 0 spiro atoms. The lowest BCUT2D eigenvalue weighted by Gasteiger charge is -2.24. The summed E-state index contributed by atoms with van der Waals surface area (Å²) in [5, 5.41) is 0. The van der Waals surface area contributed by atoms with Crippen LogP contribution in [-0.4, -0.2) is 12.1 Å². The molecule has 1 saturated carbocycles. The van der Waals surface area contributed by atoms with Crippen LogP contribution in [0, 0.1) is 5.92 Å². The van der Waals surface area contributed by atoms with Gasteiger partial charge in [0.2, 0.25) is 0 Å². The highest BCUT2D eigenvalue weighted by atomic mass is 16.6. The van der Waals surface area contributed by atoms with E-state index in [9.17, 15) is 4.79 Å². The van der Waals surface area contributed by atoms with Crippen molar-refractivity contribution in [2.75, 3.05) is 0 Å². The first-order valence-electron chi connectivity index (χ1n) is 3.06. The Morgan fingerprint density at radius 3 is 2.50 bits per heavy atom. The molecular formula is C6H8O2. The summed E-state index contributed by atoms with van der Waals surface area (Å²) >= 11 is 0. The van der Waals surface area contributed by atoms with Crippen molar-refractivity contribution in [3.8, 4) is 0 Å². The van der Waals surface area contributed by atoms with Crippen molar-refractivity contribution in [3.63, 3.8) is 0 Å². The molecule has 0 radical (unpaired) electrons. The van der Waals surface area contributed by atoms with Crippen molar-refractivity contribution in [3.05, 3.63) is 0 Å². The summed E-state index contributed by atoms with van der Waals surface area (Å²) in [5.74, 6) is 0.731.